The molecule has 0 spiro atoms. The Labute approximate surface area is 153 Å². The van der Waals surface area contributed by atoms with Crippen LogP contribution in [0.2, 0.25) is 5.02 Å². The minimum atomic E-state index is -1.02. The van der Waals surface area contributed by atoms with Gasteiger partial charge in [0.05, 0.1) is 11.3 Å². The quantitative estimate of drug-likeness (QED) is 0.701. The maximum atomic E-state index is 12.3. The highest BCUT2D eigenvalue weighted by Crippen LogP contribution is 2.32. The zero-order valence-electron chi connectivity index (χ0n) is 13.0. The molecule has 1 aromatic rings. The van der Waals surface area contributed by atoms with Crippen LogP contribution in [-0.4, -0.2) is 46.1 Å². The zero-order chi connectivity index (χ0) is 18.4. The van der Waals surface area contributed by atoms with Crippen LogP contribution in [0.4, 0.5) is 4.79 Å². The van der Waals surface area contributed by atoms with Gasteiger partial charge in [0.15, 0.2) is 0 Å². The van der Waals surface area contributed by atoms with Gasteiger partial charge in [0.2, 0.25) is 5.91 Å². The lowest BCUT2D eigenvalue weighted by molar-refractivity contribution is -0.137. The highest BCUT2D eigenvalue weighted by molar-refractivity contribution is 8.18. The van der Waals surface area contributed by atoms with Crippen LogP contribution in [0.1, 0.15) is 18.4 Å². The van der Waals surface area contributed by atoms with Gasteiger partial charge in [-0.2, -0.15) is 0 Å². The van der Waals surface area contributed by atoms with Crippen molar-refractivity contribution >= 4 is 52.5 Å². The monoisotopic (exact) mass is 382 g/mol. The average Bonchev–Trinajstić information content (AvgIpc) is 2.81. The van der Waals surface area contributed by atoms with Crippen molar-refractivity contribution in [1.82, 2.24) is 10.2 Å². The van der Waals surface area contributed by atoms with Crippen molar-refractivity contribution in [2.75, 3.05) is 13.1 Å². The second-order valence-electron chi connectivity index (χ2n) is 5.13. The van der Waals surface area contributed by atoms with E-state index < -0.39 is 23.0 Å². The van der Waals surface area contributed by atoms with Gasteiger partial charge in [0.25, 0.3) is 11.1 Å². The number of carbonyl (C=O) groups is 4. The van der Waals surface area contributed by atoms with Gasteiger partial charge in [0, 0.05) is 24.5 Å². The fraction of sp³-hybridized carbons (Fsp3) is 0.250. The van der Waals surface area contributed by atoms with Gasteiger partial charge in [-0.05, 0) is 35.5 Å². The molecule has 0 bridgehead atoms. The first-order valence-electron chi connectivity index (χ1n) is 7.36. The molecule has 1 heterocycles. The minimum absolute atomic E-state index is 0.00648. The van der Waals surface area contributed by atoms with Crippen LogP contribution in [0.5, 0.6) is 0 Å². The molecule has 3 amide bonds. The van der Waals surface area contributed by atoms with Crippen LogP contribution in [-0.2, 0) is 14.4 Å². The third-order valence-electron chi connectivity index (χ3n) is 3.26. The molecule has 0 saturated carbocycles. The Balaban J connectivity index is 1.91. The molecule has 1 aliphatic rings. The average molecular weight is 383 g/mol. The Morgan fingerprint density at radius 1 is 1.20 bits per heavy atom. The zero-order valence-corrected chi connectivity index (χ0v) is 14.6. The summed E-state index contributed by atoms with van der Waals surface area (Å²) in [6.45, 7) is -0.0476. The second-order valence-corrected chi connectivity index (χ2v) is 6.56. The molecule has 1 saturated heterocycles. The van der Waals surface area contributed by atoms with Crippen molar-refractivity contribution in [3.63, 3.8) is 0 Å². The number of carboxylic acids is 1. The molecule has 0 radical (unpaired) electrons. The molecule has 0 atom stereocenters. The molecule has 2 N–H and O–H groups in total. The molecule has 0 aliphatic carbocycles. The van der Waals surface area contributed by atoms with Crippen LogP contribution in [0.15, 0.2) is 29.2 Å². The van der Waals surface area contributed by atoms with Crippen molar-refractivity contribution in [3.8, 4) is 0 Å². The summed E-state index contributed by atoms with van der Waals surface area (Å²) in [5, 5.41) is 11.0. The normalized spacial score (nSPS) is 15.7. The predicted molar refractivity (Wildman–Crippen MR) is 94.0 cm³/mol. The second kappa shape index (κ2) is 8.68. The molecule has 25 heavy (non-hydrogen) atoms. The van der Waals surface area contributed by atoms with Crippen molar-refractivity contribution in [2.24, 2.45) is 0 Å². The van der Waals surface area contributed by atoms with Crippen LogP contribution in [0.25, 0.3) is 6.08 Å². The molecule has 132 valence electrons. The van der Waals surface area contributed by atoms with Gasteiger partial charge in [-0.15, -0.1) is 0 Å². The minimum Gasteiger partial charge on any atom is -0.481 e. The molecule has 1 aromatic carbocycles. The van der Waals surface area contributed by atoms with Crippen LogP contribution in [0, 0.1) is 0 Å². The first-order chi connectivity index (χ1) is 11.9. The fourth-order valence-electron chi connectivity index (χ4n) is 2.01. The highest BCUT2D eigenvalue weighted by atomic mass is 35.5. The summed E-state index contributed by atoms with van der Waals surface area (Å²) in [6.07, 6.45) is 1.33. The third kappa shape index (κ3) is 5.61. The molecular weight excluding hydrogens is 368 g/mol. The molecule has 0 unspecified atom stereocenters. The number of carbonyl (C=O) groups excluding carboxylic acids is 3. The highest BCUT2D eigenvalue weighted by Gasteiger charge is 2.34. The molecule has 1 aliphatic heterocycles. The summed E-state index contributed by atoms with van der Waals surface area (Å²) in [5.74, 6) is -1.89. The van der Waals surface area contributed by atoms with Gasteiger partial charge in [-0.3, -0.25) is 24.1 Å². The summed E-state index contributed by atoms with van der Waals surface area (Å²) in [5.41, 5.74) is 0.737. The number of hydrogen-bond acceptors (Lipinski definition) is 5. The number of nitrogens with zero attached hydrogens (tertiary/aromatic N) is 1. The Kier molecular flexibility index (Phi) is 6.60. The van der Waals surface area contributed by atoms with Crippen molar-refractivity contribution in [1.29, 1.82) is 0 Å². The SMILES string of the molecule is O=C(O)CCNC(=O)CCN1C(=O)S/C(=C\c2ccc(Cl)cc2)C1=O. The van der Waals surface area contributed by atoms with Crippen LogP contribution >= 0.6 is 23.4 Å². The lowest BCUT2D eigenvalue weighted by Gasteiger charge is -2.11. The number of imide groups is 1. The lowest BCUT2D eigenvalue weighted by Crippen LogP contribution is -2.34. The molecule has 2 rings (SSSR count). The largest absolute Gasteiger partial charge is 0.481 e. The Bertz CT molecular complexity index is 733. The van der Waals surface area contributed by atoms with Gasteiger partial charge in [-0.25, -0.2) is 0 Å². The smallest absolute Gasteiger partial charge is 0.305 e. The summed E-state index contributed by atoms with van der Waals surface area (Å²) < 4.78 is 0. The number of hydrogen-bond donors (Lipinski definition) is 2. The number of thioether (sulfide) groups is 1. The van der Waals surface area contributed by atoms with E-state index in [1.54, 1.807) is 30.3 Å². The third-order valence-corrected chi connectivity index (χ3v) is 4.42. The maximum Gasteiger partial charge on any atom is 0.305 e. The first-order valence-corrected chi connectivity index (χ1v) is 8.55. The topological polar surface area (TPSA) is 104 Å². The number of aliphatic carboxylic acids is 1. The maximum absolute atomic E-state index is 12.3. The van der Waals surface area contributed by atoms with Gasteiger partial charge >= 0.3 is 5.97 Å². The Hall–Kier alpha value is -2.32. The molecule has 1 fully saturated rings. The first kappa shape index (κ1) is 19.0. The Morgan fingerprint density at radius 2 is 1.88 bits per heavy atom. The number of amides is 3. The predicted octanol–water partition coefficient (Wildman–Crippen LogP) is 2.36. The van der Waals surface area contributed by atoms with E-state index in [1.807, 2.05) is 0 Å². The molecule has 0 aromatic heterocycles. The number of nitrogens with one attached hydrogen (secondary N) is 1. The summed E-state index contributed by atoms with van der Waals surface area (Å²) >= 11 is 6.61. The molecular formula is C16H15ClN2O5S. The van der Waals surface area contributed by atoms with E-state index >= 15 is 0 Å². The fourth-order valence-corrected chi connectivity index (χ4v) is 3.00. The van der Waals surface area contributed by atoms with E-state index in [2.05, 4.69) is 5.32 Å². The van der Waals surface area contributed by atoms with E-state index in [1.165, 1.54) is 0 Å². The standard InChI is InChI=1S/C16H15ClN2O5S/c17-11-3-1-10(2-4-11)9-12-15(23)19(16(24)25-12)8-6-13(20)18-7-5-14(21)22/h1-4,9H,5-8H2,(H,18,20)(H,21,22)/b12-9-. The van der Waals surface area contributed by atoms with Crippen LogP contribution in [0.3, 0.4) is 0 Å². The number of benzene rings is 1. The number of halogens is 1. The van der Waals surface area contributed by atoms with E-state index in [9.17, 15) is 19.2 Å². The molecule has 7 nitrogen and oxygen atoms in total. The molecule has 9 heteroatoms. The number of rotatable bonds is 7. The van der Waals surface area contributed by atoms with E-state index in [-0.39, 0.29) is 30.8 Å². The Morgan fingerprint density at radius 3 is 2.52 bits per heavy atom. The van der Waals surface area contributed by atoms with E-state index in [4.69, 9.17) is 16.7 Å². The van der Waals surface area contributed by atoms with Gasteiger partial charge in [0.1, 0.15) is 0 Å². The summed E-state index contributed by atoms with van der Waals surface area (Å²) in [6, 6.07) is 6.82. The summed E-state index contributed by atoms with van der Waals surface area (Å²) in [4.78, 5) is 47.5. The number of carboxylic acid groups (broad SMARTS) is 1. The van der Waals surface area contributed by atoms with Crippen LogP contribution < -0.4 is 5.32 Å². The van der Waals surface area contributed by atoms with E-state index in [0.29, 0.717) is 5.02 Å². The van der Waals surface area contributed by atoms with Crippen molar-refractivity contribution < 1.29 is 24.3 Å². The van der Waals surface area contributed by atoms with Gasteiger partial charge in [-0.1, -0.05) is 23.7 Å². The van der Waals surface area contributed by atoms with E-state index in [0.717, 1.165) is 22.2 Å². The van der Waals surface area contributed by atoms with Gasteiger partial charge < -0.3 is 10.4 Å². The van der Waals surface area contributed by atoms with Crippen molar-refractivity contribution in [2.45, 2.75) is 12.8 Å². The lowest BCUT2D eigenvalue weighted by atomic mass is 10.2. The summed E-state index contributed by atoms with van der Waals surface area (Å²) in [7, 11) is 0. The van der Waals surface area contributed by atoms with Crippen molar-refractivity contribution in [3.05, 3.63) is 39.8 Å².